The molecule has 2 aromatic rings. The van der Waals surface area contributed by atoms with E-state index in [4.69, 9.17) is 10.5 Å². The summed E-state index contributed by atoms with van der Waals surface area (Å²) < 4.78 is 20.5. The highest BCUT2D eigenvalue weighted by Crippen LogP contribution is 2.27. The van der Waals surface area contributed by atoms with E-state index in [0.29, 0.717) is 24.6 Å². The van der Waals surface area contributed by atoms with Crippen molar-refractivity contribution in [2.75, 3.05) is 13.7 Å². The number of nitrogens with two attached hydrogens (primary N) is 1. The van der Waals surface area contributed by atoms with Crippen LogP contribution in [0.1, 0.15) is 11.4 Å². The summed E-state index contributed by atoms with van der Waals surface area (Å²) in [5.74, 6) is 1.77. The number of ether oxygens (including phenoxy) is 1. The highest BCUT2D eigenvalue weighted by Gasteiger charge is 2.11. The van der Waals surface area contributed by atoms with Gasteiger partial charge in [-0.2, -0.15) is 0 Å². The zero-order valence-corrected chi connectivity index (χ0v) is 12.3. The van der Waals surface area contributed by atoms with Crippen LogP contribution >= 0.6 is 11.8 Å². The summed E-state index contributed by atoms with van der Waals surface area (Å²) in [5, 5.41) is 8.93. The largest absolute Gasteiger partial charge is 0.496 e. The number of hydrogen-bond acceptors (Lipinski definition) is 5. The maximum Gasteiger partial charge on any atom is 0.191 e. The molecular weight excluding hydrogens is 279 g/mol. The van der Waals surface area contributed by atoms with E-state index in [1.165, 1.54) is 23.9 Å². The second-order valence-electron chi connectivity index (χ2n) is 4.21. The van der Waals surface area contributed by atoms with Gasteiger partial charge in [-0.05, 0) is 25.1 Å². The van der Waals surface area contributed by atoms with Gasteiger partial charge in [-0.25, -0.2) is 4.39 Å². The van der Waals surface area contributed by atoms with Crippen molar-refractivity contribution in [1.29, 1.82) is 0 Å². The Bertz CT molecular complexity index is 588. The first-order chi connectivity index (χ1) is 9.65. The summed E-state index contributed by atoms with van der Waals surface area (Å²) in [4.78, 5) is 0. The van der Waals surface area contributed by atoms with Gasteiger partial charge in [-0.3, -0.25) is 0 Å². The molecule has 0 saturated heterocycles. The fraction of sp³-hybridized carbons (Fsp3) is 0.385. The van der Waals surface area contributed by atoms with Crippen LogP contribution in [-0.4, -0.2) is 28.4 Å². The average molecular weight is 296 g/mol. The van der Waals surface area contributed by atoms with Crippen molar-refractivity contribution in [2.24, 2.45) is 5.73 Å². The summed E-state index contributed by atoms with van der Waals surface area (Å²) in [5.41, 5.74) is 6.36. The number of aryl methyl sites for hydroxylation is 1. The molecule has 0 saturated carbocycles. The molecule has 20 heavy (non-hydrogen) atoms. The highest BCUT2D eigenvalue weighted by atomic mass is 32.2. The fourth-order valence-corrected chi connectivity index (χ4v) is 2.85. The molecule has 0 aliphatic heterocycles. The average Bonchev–Trinajstić information content (AvgIpc) is 2.78. The Morgan fingerprint density at radius 3 is 2.90 bits per heavy atom. The van der Waals surface area contributed by atoms with E-state index in [-0.39, 0.29) is 5.82 Å². The second kappa shape index (κ2) is 6.71. The van der Waals surface area contributed by atoms with Crippen molar-refractivity contribution in [3.05, 3.63) is 35.4 Å². The van der Waals surface area contributed by atoms with Crippen molar-refractivity contribution >= 4 is 11.8 Å². The molecule has 0 unspecified atom stereocenters. The molecule has 0 atom stereocenters. The lowest BCUT2D eigenvalue weighted by Crippen LogP contribution is -2.12. The lowest BCUT2D eigenvalue weighted by molar-refractivity contribution is 0.410. The lowest BCUT2D eigenvalue weighted by atomic mass is 10.2. The number of benzene rings is 1. The Morgan fingerprint density at radius 1 is 1.40 bits per heavy atom. The fourth-order valence-electron chi connectivity index (χ4n) is 1.86. The van der Waals surface area contributed by atoms with E-state index in [2.05, 4.69) is 10.2 Å². The minimum Gasteiger partial charge on any atom is -0.496 e. The first-order valence-corrected chi connectivity index (χ1v) is 7.19. The molecule has 1 aromatic heterocycles. The van der Waals surface area contributed by atoms with Crippen LogP contribution < -0.4 is 10.5 Å². The SMILES string of the molecule is COc1ccc(F)cc1CSc1nnc(C)n1CCN. The number of rotatable bonds is 6. The molecule has 5 nitrogen and oxygen atoms in total. The standard InChI is InChI=1S/C13H17FN4OS/c1-9-16-17-13(18(9)6-5-15)20-8-10-7-11(14)3-4-12(10)19-2/h3-4,7H,5-6,8,15H2,1-2H3. The third-order valence-corrected chi connectivity index (χ3v) is 3.87. The molecule has 0 aliphatic carbocycles. The molecule has 2 N–H and O–H groups in total. The first kappa shape index (κ1) is 14.8. The molecule has 0 fully saturated rings. The van der Waals surface area contributed by atoms with Crippen LogP contribution in [0, 0.1) is 12.7 Å². The van der Waals surface area contributed by atoms with Gasteiger partial charge in [0.25, 0.3) is 0 Å². The Morgan fingerprint density at radius 2 is 2.20 bits per heavy atom. The van der Waals surface area contributed by atoms with Crippen LogP contribution in [0.25, 0.3) is 0 Å². The minimum absolute atomic E-state index is 0.277. The first-order valence-electron chi connectivity index (χ1n) is 6.20. The zero-order valence-electron chi connectivity index (χ0n) is 11.5. The number of methoxy groups -OCH3 is 1. The van der Waals surface area contributed by atoms with Crippen molar-refractivity contribution in [3.63, 3.8) is 0 Å². The van der Waals surface area contributed by atoms with Crippen molar-refractivity contribution < 1.29 is 9.13 Å². The zero-order chi connectivity index (χ0) is 14.5. The summed E-state index contributed by atoms with van der Waals surface area (Å²) in [7, 11) is 1.57. The van der Waals surface area contributed by atoms with Gasteiger partial charge in [0.05, 0.1) is 7.11 Å². The van der Waals surface area contributed by atoms with Crippen LogP contribution in [-0.2, 0) is 12.3 Å². The van der Waals surface area contributed by atoms with E-state index >= 15 is 0 Å². The van der Waals surface area contributed by atoms with Crippen molar-refractivity contribution in [3.8, 4) is 5.75 Å². The highest BCUT2D eigenvalue weighted by molar-refractivity contribution is 7.98. The molecule has 1 heterocycles. The quantitative estimate of drug-likeness (QED) is 0.826. The van der Waals surface area contributed by atoms with Crippen LogP contribution in [0.5, 0.6) is 5.75 Å². The third kappa shape index (κ3) is 3.29. The van der Waals surface area contributed by atoms with E-state index < -0.39 is 0 Å². The molecule has 0 radical (unpaired) electrons. The van der Waals surface area contributed by atoms with Crippen LogP contribution in [0.2, 0.25) is 0 Å². The topological polar surface area (TPSA) is 66.0 Å². The Hall–Kier alpha value is -1.60. The van der Waals surface area contributed by atoms with Gasteiger partial charge < -0.3 is 15.0 Å². The lowest BCUT2D eigenvalue weighted by Gasteiger charge is -2.09. The predicted octanol–water partition coefficient (Wildman–Crippen LogP) is 1.99. The Balaban J connectivity index is 2.14. The monoisotopic (exact) mass is 296 g/mol. The Labute approximate surface area is 121 Å². The number of nitrogens with zero attached hydrogens (tertiary/aromatic N) is 3. The number of thioether (sulfide) groups is 1. The van der Waals surface area contributed by atoms with Gasteiger partial charge in [0.1, 0.15) is 17.4 Å². The van der Waals surface area contributed by atoms with Gasteiger partial charge in [-0.1, -0.05) is 11.8 Å². The summed E-state index contributed by atoms with van der Waals surface area (Å²) in [6.45, 7) is 3.08. The summed E-state index contributed by atoms with van der Waals surface area (Å²) in [6, 6.07) is 4.48. The molecule has 0 amide bonds. The van der Waals surface area contributed by atoms with E-state index in [1.807, 2.05) is 11.5 Å². The summed E-state index contributed by atoms with van der Waals surface area (Å²) >= 11 is 1.49. The van der Waals surface area contributed by atoms with Crippen LogP contribution in [0.3, 0.4) is 0 Å². The summed E-state index contributed by atoms with van der Waals surface area (Å²) in [6.07, 6.45) is 0. The van der Waals surface area contributed by atoms with E-state index in [0.717, 1.165) is 16.5 Å². The molecule has 7 heteroatoms. The molecule has 0 aliphatic rings. The smallest absolute Gasteiger partial charge is 0.191 e. The molecule has 108 valence electrons. The van der Waals surface area contributed by atoms with Crippen LogP contribution in [0.15, 0.2) is 23.4 Å². The molecule has 1 aromatic carbocycles. The van der Waals surface area contributed by atoms with E-state index in [1.54, 1.807) is 13.2 Å². The second-order valence-corrected chi connectivity index (χ2v) is 5.16. The molecule has 2 rings (SSSR count). The maximum atomic E-state index is 13.3. The molecule has 0 spiro atoms. The maximum absolute atomic E-state index is 13.3. The van der Waals surface area contributed by atoms with E-state index in [9.17, 15) is 4.39 Å². The molecule has 0 bridgehead atoms. The van der Waals surface area contributed by atoms with Gasteiger partial charge >= 0.3 is 0 Å². The minimum atomic E-state index is -0.277. The van der Waals surface area contributed by atoms with Gasteiger partial charge in [0.15, 0.2) is 5.16 Å². The third-order valence-electron chi connectivity index (χ3n) is 2.85. The number of hydrogen-bond donors (Lipinski definition) is 1. The normalized spacial score (nSPS) is 10.8. The van der Waals surface area contributed by atoms with Crippen molar-refractivity contribution in [1.82, 2.24) is 14.8 Å². The predicted molar refractivity (Wildman–Crippen MR) is 76.3 cm³/mol. The van der Waals surface area contributed by atoms with Crippen molar-refractivity contribution in [2.45, 2.75) is 24.4 Å². The molecular formula is C13H17FN4OS. The van der Waals surface area contributed by atoms with Gasteiger partial charge in [0.2, 0.25) is 0 Å². The number of halogens is 1. The number of aromatic nitrogens is 3. The van der Waals surface area contributed by atoms with Gasteiger partial charge in [-0.15, -0.1) is 10.2 Å². The Kier molecular flexibility index (Phi) is 4.97. The van der Waals surface area contributed by atoms with Gasteiger partial charge in [0, 0.05) is 24.4 Å². The van der Waals surface area contributed by atoms with Crippen LogP contribution in [0.4, 0.5) is 4.39 Å².